The number of nitrogens with zero attached hydrogens (tertiary/aromatic N) is 5. The van der Waals surface area contributed by atoms with E-state index in [9.17, 15) is 9.59 Å². The van der Waals surface area contributed by atoms with Crippen LogP contribution in [0.15, 0.2) is 53.1 Å². The van der Waals surface area contributed by atoms with E-state index in [1.165, 1.54) is 4.52 Å². The van der Waals surface area contributed by atoms with Crippen molar-refractivity contribution < 1.29 is 9.59 Å². The standard InChI is InChI=1S/C20H16BrN7O2/c1-11-8-12(2)28-20(23-11)26-17(27-28)19(30)24-15-5-3-4-13(9-15)18(29)25-16-7-6-14(21)10-22-16/h3-10H,1-2H3,(H,24,30)(H,22,25,29). The first-order valence-corrected chi connectivity index (χ1v) is 9.74. The molecule has 2 amide bonds. The summed E-state index contributed by atoms with van der Waals surface area (Å²) in [5.74, 6) is -0.0747. The molecule has 0 atom stereocenters. The highest BCUT2D eigenvalue weighted by Crippen LogP contribution is 2.15. The Balaban J connectivity index is 1.51. The molecule has 0 aliphatic carbocycles. The largest absolute Gasteiger partial charge is 0.319 e. The number of rotatable bonds is 4. The fourth-order valence-electron chi connectivity index (χ4n) is 2.83. The molecule has 0 spiro atoms. The summed E-state index contributed by atoms with van der Waals surface area (Å²) in [5, 5.41) is 9.63. The average Bonchev–Trinajstić information content (AvgIpc) is 3.14. The highest BCUT2D eigenvalue weighted by Gasteiger charge is 2.16. The molecule has 4 aromatic rings. The van der Waals surface area contributed by atoms with E-state index in [0.29, 0.717) is 22.8 Å². The molecule has 0 fully saturated rings. The lowest BCUT2D eigenvalue weighted by Crippen LogP contribution is -2.16. The minimum absolute atomic E-state index is 0.00915. The summed E-state index contributed by atoms with van der Waals surface area (Å²) < 4.78 is 2.32. The van der Waals surface area contributed by atoms with E-state index in [2.05, 4.69) is 46.6 Å². The Labute approximate surface area is 179 Å². The van der Waals surface area contributed by atoms with Gasteiger partial charge in [-0.2, -0.15) is 4.98 Å². The van der Waals surface area contributed by atoms with E-state index in [1.807, 2.05) is 19.9 Å². The Hall–Kier alpha value is -3.66. The summed E-state index contributed by atoms with van der Waals surface area (Å²) in [7, 11) is 0. The number of fused-ring (bicyclic) bond motifs is 1. The van der Waals surface area contributed by atoms with E-state index in [-0.39, 0.29) is 11.7 Å². The summed E-state index contributed by atoms with van der Waals surface area (Å²) in [6, 6.07) is 11.9. The molecule has 0 unspecified atom stereocenters. The second-order valence-corrected chi connectivity index (χ2v) is 7.45. The van der Waals surface area contributed by atoms with Crippen LogP contribution in [0.4, 0.5) is 11.5 Å². The Morgan fingerprint density at radius 2 is 1.83 bits per heavy atom. The minimum Gasteiger partial charge on any atom is -0.319 e. The number of benzene rings is 1. The van der Waals surface area contributed by atoms with Crippen molar-refractivity contribution in [2.24, 2.45) is 0 Å². The molecule has 1 aromatic carbocycles. The smallest absolute Gasteiger partial charge is 0.295 e. The van der Waals surface area contributed by atoms with Gasteiger partial charge in [0.2, 0.25) is 5.82 Å². The number of aromatic nitrogens is 5. The van der Waals surface area contributed by atoms with Crippen molar-refractivity contribution >= 4 is 45.0 Å². The maximum Gasteiger partial charge on any atom is 0.295 e. The monoisotopic (exact) mass is 465 g/mol. The SMILES string of the molecule is Cc1cc(C)n2nc(C(=O)Nc3cccc(C(=O)Nc4ccc(Br)cn4)c3)nc2n1. The minimum atomic E-state index is -0.496. The summed E-state index contributed by atoms with van der Waals surface area (Å²) in [6.07, 6.45) is 1.59. The third-order valence-electron chi connectivity index (χ3n) is 4.17. The van der Waals surface area contributed by atoms with Gasteiger partial charge in [-0.25, -0.2) is 14.5 Å². The molecule has 0 saturated carbocycles. The maximum atomic E-state index is 12.6. The van der Waals surface area contributed by atoms with Crippen LogP contribution in [0.2, 0.25) is 0 Å². The van der Waals surface area contributed by atoms with Crippen molar-refractivity contribution in [3.63, 3.8) is 0 Å². The van der Waals surface area contributed by atoms with Crippen molar-refractivity contribution in [3.8, 4) is 0 Å². The molecule has 150 valence electrons. The van der Waals surface area contributed by atoms with Crippen molar-refractivity contribution in [2.45, 2.75) is 13.8 Å². The number of amides is 2. The van der Waals surface area contributed by atoms with Crippen LogP contribution >= 0.6 is 15.9 Å². The van der Waals surface area contributed by atoms with Gasteiger partial charge in [0.05, 0.1) is 0 Å². The summed E-state index contributed by atoms with van der Waals surface area (Å²) >= 11 is 3.30. The number of nitrogens with one attached hydrogen (secondary N) is 2. The number of carbonyl (C=O) groups excluding carboxylic acids is 2. The van der Waals surface area contributed by atoms with Crippen LogP contribution in [0.3, 0.4) is 0 Å². The van der Waals surface area contributed by atoms with Gasteiger partial charge in [0, 0.05) is 33.3 Å². The van der Waals surface area contributed by atoms with Gasteiger partial charge in [0.1, 0.15) is 5.82 Å². The predicted octanol–water partition coefficient (Wildman–Crippen LogP) is 3.40. The second-order valence-electron chi connectivity index (χ2n) is 6.54. The fraction of sp³-hybridized carbons (Fsp3) is 0.100. The van der Waals surface area contributed by atoms with E-state index < -0.39 is 5.91 Å². The van der Waals surface area contributed by atoms with Crippen molar-refractivity contribution in [2.75, 3.05) is 10.6 Å². The first kappa shape index (κ1) is 19.6. The third-order valence-corrected chi connectivity index (χ3v) is 4.64. The zero-order valence-electron chi connectivity index (χ0n) is 16.0. The highest BCUT2D eigenvalue weighted by molar-refractivity contribution is 9.10. The van der Waals surface area contributed by atoms with Gasteiger partial charge < -0.3 is 10.6 Å². The summed E-state index contributed by atoms with van der Waals surface area (Å²) in [5.41, 5.74) is 2.42. The van der Waals surface area contributed by atoms with E-state index in [4.69, 9.17) is 0 Å². The molecule has 0 aliphatic heterocycles. The van der Waals surface area contributed by atoms with E-state index in [1.54, 1.807) is 42.6 Å². The van der Waals surface area contributed by atoms with Crippen LogP contribution in [0, 0.1) is 13.8 Å². The Morgan fingerprint density at radius 1 is 1.00 bits per heavy atom. The van der Waals surface area contributed by atoms with Crippen LogP contribution in [-0.2, 0) is 0 Å². The number of aryl methyl sites for hydroxylation is 2. The molecule has 2 N–H and O–H groups in total. The Kier molecular flexibility index (Phi) is 5.23. The molecule has 3 aromatic heterocycles. The van der Waals surface area contributed by atoms with E-state index in [0.717, 1.165) is 15.9 Å². The van der Waals surface area contributed by atoms with Gasteiger partial charge in [-0.05, 0) is 66.2 Å². The zero-order valence-corrected chi connectivity index (χ0v) is 17.6. The molecular weight excluding hydrogens is 450 g/mol. The normalized spacial score (nSPS) is 10.8. The maximum absolute atomic E-state index is 12.6. The number of pyridine rings is 1. The Morgan fingerprint density at radius 3 is 2.60 bits per heavy atom. The molecule has 0 radical (unpaired) electrons. The van der Waals surface area contributed by atoms with E-state index >= 15 is 0 Å². The first-order valence-electron chi connectivity index (χ1n) is 8.94. The third kappa shape index (κ3) is 4.18. The predicted molar refractivity (Wildman–Crippen MR) is 115 cm³/mol. The van der Waals surface area contributed by atoms with Gasteiger partial charge >= 0.3 is 0 Å². The molecule has 3 heterocycles. The molecule has 0 bridgehead atoms. The lowest BCUT2D eigenvalue weighted by atomic mass is 10.2. The van der Waals surface area contributed by atoms with Gasteiger partial charge in [0.25, 0.3) is 17.6 Å². The Bertz CT molecular complexity index is 1270. The topological polar surface area (TPSA) is 114 Å². The van der Waals surface area contributed by atoms with Gasteiger partial charge in [-0.15, -0.1) is 5.10 Å². The number of carbonyl (C=O) groups is 2. The average molecular weight is 466 g/mol. The van der Waals surface area contributed by atoms with Crippen LogP contribution in [0.1, 0.15) is 32.4 Å². The highest BCUT2D eigenvalue weighted by atomic mass is 79.9. The first-order chi connectivity index (χ1) is 14.4. The van der Waals surface area contributed by atoms with Gasteiger partial charge in [-0.3, -0.25) is 9.59 Å². The molecule has 0 saturated heterocycles. The molecule has 10 heteroatoms. The molecule has 9 nitrogen and oxygen atoms in total. The lowest BCUT2D eigenvalue weighted by molar-refractivity contribution is 0.101. The summed E-state index contributed by atoms with van der Waals surface area (Å²) in [4.78, 5) is 37.7. The van der Waals surface area contributed by atoms with Crippen LogP contribution in [0.5, 0.6) is 0 Å². The molecule has 4 rings (SSSR count). The van der Waals surface area contributed by atoms with Crippen molar-refractivity contribution in [1.29, 1.82) is 0 Å². The van der Waals surface area contributed by atoms with Crippen molar-refractivity contribution in [3.05, 3.63) is 75.9 Å². The number of halogens is 1. The fourth-order valence-corrected chi connectivity index (χ4v) is 3.06. The van der Waals surface area contributed by atoms with Crippen LogP contribution in [0.25, 0.3) is 5.78 Å². The quantitative estimate of drug-likeness (QED) is 0.477. The molecular formula is C20H16BrN7O2. The lowest BCUT2D eigenvalue weighted by Gasteiger charge is -2.07. The number of anilines is 2. The zero-order chi connectivity index (χ0) is 21.3. The molecule has 0 aliphatic rings. The van der Waals surface area contributed by atoms with Crippen LogP contribution in [-0.4, -0.2) is 36.4 Å². The number of hydrogen-bond acceptors (Lipinski definition) is 6. The van der Waals surface area contributed by atoms with Gasteiger partial charge in [-0.1, -0.05) is 6.07 Å². The second kappa shape index (κ2) is 7.99. The van der Waals surface area contributed by atoms with Crippen molar-refractivity contribution in [1.82, 2.24) is 24.6 Å². The van der Waals surface area contributed by atoms with Gasteiger partial charge in [0.15, 0.2) is 0 Å². The van der Waals surface area contributed by atoms with Crippen LogP contribution < -0.4 is 10.6 Å². The molecule has 30 heavy (non-hydrogen) atoms. The summed E-state index contributed by atoms with van der Waals surface area (Å²) in [6.45, 7) is 3.71. The number of hydrogen-bond donors (Lipinski definition) is 2.